The first-order chi connectivity index (χ1) is 8.65. The van der Waals surface area contributed by atoms with Gasteiger partial charge in [0.2, 0.25) is 0 Å². The lowest BCUT2D eigenvalue weighted by Crippen LogP contribution is -2.28. The van der Waals surface area contributed by atoms with Crippen LogP contribution in [-0.2, 0) is 11.3 Å². The fourth-order valence-corrected chi connectivity index (χ4v) is 2.11. The van der Waals surface area contributed by atoms with Gasteiger partial charge < -0.3 is 14.8 Å². The van der Waals surface area contributed by atoms with E-state index in [0.717, 1.165) is 12.0 Å². The second-order valence-corrected chi connectivity index (χ2v) is 4.66. The Morgan fingerprint density at radius 3 is 3.00 bits per heavy atom. The Kier molecular flexibility index (Phi) is 4.17. The van der Waals surface area contributed by atoms with E-state index in [1.807, 2.05) is 13.0 Å². The molecule has 0 saturated carbocycles. The number of aliphatic hydroxyl groups is 1. The number of carbonyl (C=O) groups excluding carboxylic acids is 1. The summed E-state index contributed by atoms with van der Waals surface area (Å²) in [6.07, 6.45) is 1.11. The third-order valence-corrected chi connectivity index (χ3v) is 3.44. The zero-order chi connectivity index (χ0) is 13.1. The number of benzene rings is 1. The summed E-state index contributed by atoms with van der Waals surface area (Å²) in [5, 5.41) is 18.7. The molecule has 96 valence electrons. The molecule has 0 amide bonds. The molecule has 5 heteroatoms. The standard InChI is InChI=1S/C13H17BO4/c1-2-9(7-15)5-13(16)10-3-4-11-8-18-14(17)12(11)6-10/h3-4,6,9,15,17H,2,5,7-8H2,1H3. The highest BCUT2D eigenvalue weighted by atomic mass is 16.5. The molecule has 1 unspecified atom stereocenters. The van der Waals surface area contributed by atoms with Gasteiger partial charge in [-0.15, -0.1) is 0 Å². The van der Waals surface area contributed by atoms with E-state index in [1.165, 1.54) is 0 Å². The van der Waals surface area contributed by atoms with Crippen molar-refractivity contribution >= 4 is 18.4 Å². The predicted molar refractivity (Wildman–Crippen MR) is 68.7 cm³/mol. The molecular formula is C13H17BO4. The summed E-state index contributed by atoms with van der Waals surface area (Å²) in [6.45, 7) is 2.37. The SMILES string of the molecule is CCC(CO)CC(=O)c1ccc2c(c1)B(O)OC2. The molecule has 0 saturated heterocycles. The van der Waals surface area contributed by atoms with Crippen molar-refractivity contribution in [1.29, 1.82) is 0 Å². The first kappa shape index (κ1) is 13.3. The molecule has 0 aliphatic carbocycles. The normalized spacial score (nSPS) is 15.6. The highest BCUT2D eigenvalue weighted by Crippen LogP contribution is 2.16. The quantitative estimate of drug-likeness (QED) is 0.588. The first-order valence-corrected chi connectivity index (χ1v) is 6.22. The van der Waals surface area contributed by atoms with Crippen LogP contribution in [0.15, 0.2) is 18.2 Å². The largest absolute Gasteiger partial charge is 0.491 e. The van der Waals surface area contributed by atoms with Crippen molar-refractivity contribution in [3.05, 3.63) is 29.3 Å². The van der Waals surface area contributed by atoms with E-state index in [9.17, 15) is 9.82 Å². The van der Waals surface area contributed by atoms with Gasteiger partial charge in [0, 0.05) is 18.6 Å². The van der Waals surface area contributed by atoms with Crippen LogP contribution in [0, 0.1) is 5.92 Å². The fraction of sp³-hybridized carbons (Fsp3) is 0.462. The van der Waals surface area contributed by atoms with Gasteiger partial charge in [0.05, 0.1) is 6.61 Å². The summed E-state index contributed by atoms with van der Waals surface area (Å²) in [7, 11) is -0.924. The van der Waals surface area contributed by atoms with Crippen molar-refractivity contribution in [3.63, 3.8) is 0 Å². The second-order valence-electron chi connectivity index (χ2n) is 4.66. The van der Waals surface area contributed by atoms with Crippen LogP contribution in [0.1, 0.15) is 35.7 Å². The zero-order valence-corrected chi connectivity index (χ0v) is 10.4. The van der Waals surface area contributed by atoms with Crippen molar-refractivity contribution < 1.29 is 19.6 Å². The topological polar surface area (TPSA) is 66.8 Å². The minimum atomic E-state index is -0.924. The number of hydrogen-bond donors (Lipinski definition) is 2. The number of Topliss-reactive ketones (excluding diaryl/α,β-unsaturated/α-hetero) is 1. The Bertz CT molecular complexity index is 443. The molecule has 1 aromatic rings. The highest BCUT2D eigenvalue weighted by molar-refractivity contribution is 6.61. The van der Waals surface area contributed by atoms with Crippen molar-refractivity contribution in [2.24, 2.45) is 5.92 Å². The molecule has 0 bridgehead atoms. The van der Waals surface area contributed by atoms with Crippen molar-refractivity contribution in [3.8, 4) is 0 Å². The summed E-state index contributed by atoms with van der Waals surface area (Å²) < 4.78 is 5.09. The minimum Gasteiger partial charge on any atom is -0.423 e. The van der Waals surface area contributed by atoms with Crippen LogP contribution in [0.2, 0.25) is 0 Å². The Hall–Kier alpha value is -1.17. The smallest absolute Gasteiger partial charge is 0.423 e. The third-order valence-electron chi connectivity index (χ3n) is 3.44. The van der Waals surface area contributed by atoms with Gasteiger partial charge in [0.15, 0.2) is 5.78 Å². The van der Waals surface area contributed by atoms with Crippen LogP contribution >= 0.6 is 0 Å². The molecule has 0 radical (unpaired) electrons. The first-order valence-electron chi connectivity index (χ1n) is 6.22. The second kappa shape index (κ2) is 5.65. The Morgan fingerprint density at radius 1 is 1.56 bits per heavy atom. The van der Waals surface area contributed by atoms with Crippen LogP contribution in [-0.4, -0.2) is 29.6 Å². The van der Waals surface area contributed by atoms with Gasteiger partial charge in [-0.25, -0.2) is 0 Å². The van der Waals surface area contributed by atoms with Crippen LogP contribution in [0.25, 0.3) is 0 Å². The fourth-order valence-electron chi connectivity index (χ4n) is 2.11. The van der Waals surface area contributed by atoms with E-state index in [4.69, 9.17) is 9.76 Å². The van der Waals surface area contributed by atoms with Crippen LogP contribution < -0.4 is 5.46 Å². The number of rotatable bonds is 5. The summed E-state index contributed by atoms with van der Waals surface area (Å²) in [6, 6.07) is 5.27. The van der Waals surface area contributed by atoms with E-state index in [1.54, 1.807) is 12.1 Å². The van der Waals surface area contributed by atoms with Gasteiger partial charge in [-0.2, -0.15) is 0 Å². The number of fused-ring (bicyclic) bond motifs is 1. The Labute approximate surface area is 107 Å². The highest BCUT2D eigenvalue weighted by Gasteiger charge is 2.28. The van der Waals surface area contributed by atoms with E-state index in [2.05, 4.69) is 0 Å². The molecule has 1 atom stereocenters. The van der Waals surface area contributed by atoms with Gasteiger partial charge in [0.1, 0.15) is 0 Å². The van der Waals surface area contributed by atoms with E-state index in [0.29, 0.717) is 24.1 Å². The average Bonchev–Trinajstić information content (AvgIpc) is 2.77. The van der Waals surface area contributed by atoms with E-state index in [-0.39, 0.29) is 18.3 Å². The zero-order valence-electron chi connectivity index (χ0n) is 10.4. The molecule has 2 rings (SSSR count). The average molecular weight is 248 g/mol. The molecule has 0 fully saturated rings. The lowest BCUT2D eigenvalue weighted by Gasteiger charge is -2.10. The minimum absolute atomic E-state index is 0.00204. The van der Waals surface area contributed by atoms with E-state index >= 15 is 0 Å². The number of carbonyl (C=O) groups is 1. The van der Waals surface area contributed by atoms with Crippen LogP contribution in [0.5, 0.6) is 0 Å². The summed E-state index contributed by atoms with van der Waals surface area (Å²) in [5.74, 6) is 0.00438. The molecule has 18 heavy (non-hydrogen) atoms. The summed E-state index contributed by atoms with van der Waals surface area (Å²) >= 11 is 0. The third kappa shape index (κ3) is 2.63. The molecule has 1 aliphatic heterocycles. The maximum Gasteiger partial charge on any atom is 0.491 e. The number of aliphatic hydroxyl groups excluding tert-OH is 1. The van der Waals surface area contributed by atoms with Crippen molar-refractivity contribution in [2.75, 3.05) is 6.61 Å². The van der Waals surface area contributed by atoms with Gasteiger partial charge in [0.25, 0.3) is 0 Å². The molecule has 1 aromatic carbocycles. The Morgan fingerprint density at radius 2 is 2.33 bits per heavy atom. The maximum absolute atomic E-state index is 12.0. The van der Waals surface area contributed by atoms with E-state index < -0.39 is 7.12 Å². The predicted octanol–water partition coefficient (Wildman–Crippen LogP) is 0.496. The molecule has 4 nitrogen and oxygen atoms in total. The van der Waals surface area contributed by atoms with Crippen molar-refractivity contribution in [2.45, 2.75) is 26.4 Å². The molecule has 2 N–H and O–H groups in total. The van der Waals surface area contributed by atoms with Crippen LogP contribution in [0.4, 0.5) is 0 Å². The molecule has 1 heterocycles. The maximum atomic E-state index is 12.0. The van der Waals surface area contributed by atoms with Crippen molar-refractivity contribution in [1.82, 2.24) is 0 Å². The van der Waals surface area contributed by atoms with Gasteiger partial charge in [-0.1, -0.05) is 31.5 Å². The molecule has 0 spiro atoms. The Balaban J connectivity index is 2.14. The molecular weight excluding hydrogens is 231 g/mol. The number of ketones is 1. The van der Waals surface area contributed by atoms with Gasteiger partial charge >= 0.3 is 7.12 Å². The lowest BCUT2D eigenvalue weighted by molar-refractivity contribution is 0.0934. The lowest BCUT2D eigenvalue weighted by atomic mass is 9.78. The van der Waals surface area contributed by atoms with Crippen LogP contribution in [0.3, 0.4) is 0 Å². The molecule has 0 aromatic heterocycles. The summed E-state index contributed by atoms with van der Waals surface area (Å²) in [4.78, 5) is 12.0. The monoisotopic (exact) mass is 248 g/mol. The summed E-state index contributed by atoms with van der Waals surface area (Å²) in [5.41, 5.74) is 2.18. The van der Waals surface area contributed by atoms with Gasteiger partial charge in [-0.3, -0.25) is 4.79 Å². The van der Waals surface area contributed by atoms with Gasteiger partial charge in [-0.05, 0) is 16.9 Å². The number of hydrogen-bond acceptors (Lipinski definition) is 4. The molecule has 1 aliphatic rings.